The molecule has 1 aromatic heterocycles. The smallest absolute Gasteiger partial charge is 0.125 e. The summed E-state index contributed by atoms with van der Waals surface area (Å²) in [4.78, 5) is 7.89. The molecule has 1 saturated heterocycles. The Hall–Kier alpha value is -1.42. The zero-order valence-electron chi connectivity index (χ0n) is 10.1. The van der Waals surface area contributed by atoms with Gasteiger partial charge in [-0.05, 0) is 49.4 Å². The van der Waals surface area contributed by atoms with Gasteiger partial charge in [-0.2, -0.15) is 0 Å². The van der Waals surface area contributed by atoms with Crippen molar-refractivity contribution < 1.29 is 4.39 Å². The van der Waals surface area contributed by atoms with Crippen molar-refractivity contribution in [3.8, 4) is 0 Å². The number of aromatic nitrogens is 2. The van der Waals surface area contributed by atoms with E-state index in [0.717, 1.165) is 29.3 Å². The normalized spacial score (nSPS) is 31.1. The van der Waals surface area contributed by atoms with Gasteiger partial charge >= 0.3 is 0 Å². The van der Waals surface area contributed by atoms with Gasteiger partial charge in [0.15, 0.2) is 0 Å². The number of halogens is 1. The standard InChI is InChI=1S/C14H16FN3/c15-9-4-5-11-12(6-9)18-14(17-11)13-10-3-1-2-8(10)7-16-13/h4-6,8,10,13,16H,1-3,7H2,(H,17,18). The molecule has 0 radical (unpaired) electrons. The van der Waals surface area contributed by atoms with Gasteiger partial charge in [0, 0.05) is 0 Å². The van der Waals surface area contributed by atoms with E-state index in [2.05, 4.69) is 15.3 Å². The van der Waals surface area contributed by atoms with Crippen LogP contribution in [0.15, 0.2) is 18.2 Å². The SMILES string of the molecule is Fc1ccc2nc(C3NCC4CCCC43)[nH]c2c1. The van der Waals surface area contributed by atoms with Crippen LogP contribution in [0.25, 0.3) is 11.0 Å². The van der Waals surface area contributed by atoms with E-state index >= 15 is 0 Å². The van der Waals surface area contributed by atoms with Crippen LogP contribution < -0.4 is 5.32 Å². The molecule has 0 spiro atoms. The second-order valence-corrected chi connectivity index (χ2v) is 5.52. The first kappa shape index (κ1) is 10.5. The summed E-state index contributed by atoms with van der Waals surface area (Å²) in [6, 6.07) is 5.06. The predicted molar refractivity (Wildman–Crippen MR) is 67.6 cm³/mol. The molecule has 2 heterocycles. The minimum absolute atomic E-state index is 0.212. The minimum Gasteiger partial charge on any atom is -0.341 e. The average molecular weight is 245 g/mol. The molecule has 3 atom stereocenters. The predicted octanol–water partition coefficient (Wildman–Crippen LogP) is 2.76. The Balaban J connectivity index is 1.74. The van der Waals surface area contributed by atoms with Crippen molar-refractivity contribution >= 4 is 11.0 Å². The lowest BCUT2D eigenvalue weighted by molar-refractivity contribution is 0.410. The van der Waals surface area contributed by atoms with Crippen LogP contribution in [0.4, 0.5) is 4.39 Å². The highest BCUT2D eigenvalue weighted by Crippen LogP contribution is 2.43. The second kappa shape index (κ2) is 3.79. The maximum Gasteiger partial charge on any atom is 0.125 e. The average Bonchev–Trinajstić information content (AvgIpc) is 3.00. The molecule has 94 valence electrons. The number of imidazole rings is 1. The molecular formula is C14H16FN3. The van der Waals surface area contributed by atoms with Gasteiger partial charge in [-0.3, -0.25) is 0 Å². The van der Waals surface area contributed by atoms with E-state index in [9.17, 15) is 4.39 Å². The largest absolute Gasteiger partial charge is 0.341 e. The van der Waals surface area contributed by atoms with Crippen molar-refractivity contribution in [1.29, 1.82) is 0 Å². The summed E-state index contributed by atoms with van der Waals surface area (Å²) in [5.74, 6) is 2.27. The van der Waals surface area contributed by atoms with E-state index in [1.807, 2.05) is 0 Å². The van der Waals surface area contributed by atoms with Crippen LogP contribution in [-0.2, 0) is 0 Å². The Bertz CT molecular complexity index is 592. The Kier molecular flexibility index (Phi) is 2.21. The molecule has 0 bridgehead atoms. The quantitative estimate of drug-likeness (QED) is 0.811. The maximum absolute atomic E-state index is 13.2. The lowest BCUT2D eigenvalue weighted by atomic mass is 9.94. The molecule has 2 aliphatic rings. The van der Waals surface area contributed by atoms with Crippen LogP contribution in [-0.4, -0.2) is 16.5 Å². The molecule has 4 heteroatoms. The van der Waals surface area contributed by atoms with Crippen molar-refractivity contribution in [2.75, 3.05) is 6.54 Å². The molecule has 2 aromatic rings. The van der Waals surface area contributed by atoms with Crippen LogP contribution in [0.5, 0.6) is 0 Å². The Labute approximate surface area is 105 Å². The Morgan fingerprint density at radius 2 is 2.22 bits per heavy atom. The summed E-state index contributed by atoms with van der Waals surface area (Å²) in [5, 5.41) is 3.56. The summed E-state index contributed by atoms with van der Waals surface area (Å²) in [7, 11) is 0. The summed E-state index contributed by atoms with van der Waals surface area (Å²) in [6.45, 7) is 1.10. The first-order valence-corrected chi connectivity index (χ1v) is 6.70. The van der Waals surface area contributed by atoms with Crippen molar-refractivity contribution in [1.82, 2.24) is 15.3 Å². The number of rotatable bonds is 1. The highest BCUT2D eigenvalue weighted by Gasteiger charge is 2.40. The molecule has 0 amide bonds. The summed E-state index contributed by atoms with van der Waals surface area (Å²) >= 11 is 0. The summed E-state index contributed by atoms with van der Waals surface area (Å²) in [6.07, 6.45) is 3.96. The van der Waals surface area contributed by atoms with E-state index < -0.39 is 0 Å². The molecule has 1 aliphatic carbocycles. The molecule has 3 nitrogen and oxygen atoms in total. The first-order chi connectivity index (χ1) is 8.81. The van der Waals surface area contributed by atoms with Gasteiger partial charge in [0.05, 0.1) is 17.1 Å². The molecule has 1 saturated carbocycles. The van der Waals surface area contributed by atoms with Crippen LogP contribution >= 0.6 is 0 Å². The van der Waals surface area contributed by atoms with Gasteiger partial charge in [0.25, 0.3) is 0 Å². The molecule has 18 heavy (non-hydrogen) atoms. The minimum atomic E-state index is -0.212. The van der Waals surface area contributed by atoms with Gasteiger partial charge in [-0.25, -0.2) is 9.37 Å². The number of benzene rings is 1. The van der Waals surface area contributed by atoms with Crippen LogP contribution in [0.2, 0.25) is 0 Å². The van der Waals surface area contributed by atoms with Crippen molar-refractivity contribution in [2.45, 2.75) is 25.3 Å². The lowest BCUT2D eigenvalue weighted by Crippen LogP contribution is -2.18. The second-order valence-electron chi connectivity index (χ2n) is 5.52. The topological polar surface area (TPSA) is 40.7 Å². The zero-order chi connectivity index (χ0) is 12.1. The number of H-pyrrole nitrogens is 1. The molecule has 2 fully saturated rings. The van der Waals surface area contributed by atoms with Gasteiger partial charge < -0.3 is 10.3 Å². The highest BCUT2D eigenvalue weighted by atomic mass is 19.1. The van der Waals surface area contributed by atoms with Gasteiger partial charge in [-0.1, -0.05) is 6.42 Å². The number of nitrogens with zero attached hydrogens (tertiary/aromatic N) is 1. The van der Waals surface area contributed by atoms with E-state index in [4.69, 9.17) is 0 Å². The van der Waals surface area contributed by atoms with Crippen molar-refractivity contribution in [3.63, 3.8) is 0 Å². The third kappa shape index (κ3) is 1.48. The monoisotopic (exact) mass is 245 g/mol. The molecule has 3 unspecified atom stereocenters. The van der Waals surface area contributed by atoms with Gasteiger partial charge in [-0.15, -0.1) is 0 Å². The molecule has 1 aromatic carbocycles. The van der Waals surface area contributed by atoms with Crippen molar-refractivity contribution in [2.24, 2.45) is 11.8 Å². The number of nitrogens with one attached hydrogen (secondary N) is 2. The number of hydrogen-bond donors (Lipinski definition) is 2. The van der Waals surface area contributed by atoms with E-state index in [1.54, 1.807) is 6.07 Å². The summed E-state index contributed by atoms with van der Waals surface area (Å²) in [5.41, 5.74) is 1.66. The van der Waals surface area contributed by atoms with Crippen LogP contribution in [0, 0.1) is 17.7 Å². The van der Waals surface area contributed by atoms with E-state index in [-0.39, 0.29) is 5.82 Å². The zero-order valence-corrected chi connectivity index (χ0v) is 10.1. The fraction of sp³-hybridized carbons (Fsp3) is 0.500. The van der Waals surface area contributed by atoms with Crippen molar-refractivity contribution in [3.05, 3.63) is 29.8 Å². The highest BCUT2D eigenvalue weighted by molar-refractivity contribution is 5.75. The van der Waals surface area contributed by atoms with Crippen LogP contribution in [0.3, 0.4) is 0 Å². The first-order valence-electron chi connectivity index (χ1n) is 6.70. The Morgan fingerprint density at radius 1 is 1.28 bits per heavy atom. The molecule has 4 rings (SSSR count). The number of hydrogen-bond acceptors (Lipinski definition) is 2. The maximum atomic E-state index is 13.2. The summed E-state index contributed by atoms with van der Waals surface area (Å²) < 4.78 is 13.2. The molecule has 1 aliphatic heterocycles. The van der Waals surface area contributed by atoms with E-state index in [1.165, 1.54) is 31.4 Å². The fourth-order valence-electron chi connectivity index (χ4n) is 3.64. The van der Waals surface area contributed by atoms with E-state index in [0.29, 0.717) is 12.0 Å². The fourth-order valence-corrected chi connectivity index (χ4v) is 3.64. The third-order valence-electron chi connectivity index (χ3n) is 4.50. The lowest BCUT2D eigenvalue weighted by Gasteiger charge is -2.15. The molecule has 2 N–H and O–H groups in total. The van der Waals surface area contributed by atoms with Gasteiger partial charge in [0.2, 0.25) is 0 Å². The van der Waals surface area contributed by atoms with Crippen LogP contribution in [0.1, 0.15) is 31.1 Å². The van der Waals surface area contributed by atoms with Gasteiger partial charge in [0.1, 0.15) is 11.6 Å². The molecular weight excluding hydrogens is 229 g/mol. The third-order valence-corrected chi connectivity index (χ3v) is 4.50. The Morgan fingerprint density at radius 3 is 3.17 bits per heavy atom. The number of fused-ring (bicyclic) bond motifs is 2. The number of aromatic amines is 1.